The van der Waals surface area contributed by atoms with Gasteiger partial charge >= 0.3 is 0 Å². The summed E-state index contributed by atoms with van der Waals surface area (Å²) >= 11 is 0. The number of benzene rings is 2. The molecule has 2 unspecified atom stereocenters. The Labute approximate surface area is 177 Å². The van der Waals surface area contributed by atoms with Gasteiger partial charge in [0.2, 0.25) is 6.79 Å². The third-order valence-electron chi connectivity index (χ3n) is 5.10. The minimum absolute atomic E-state index is 0. The first-order chi connectivity index (χ1) is 12.7. The van der Waals surface area contributed by atoms with Gasteiger partial charge in [-0.15, -0.1) is 24.0 Å². The van der Waals surface area contributed by atoms with Crippen LogP contribution in [0.15, 0.2) is 53.5 Å². The first-order valence-corrected chi connectivity index (χ1v) is 9.10. The van der Waals surface area contributed by atoms with E-state index >= 15 is 0 Å². The number of nitrogens with one attached hydrogen (secondary N) is 1. The molecular formula is C21H26IN3O2. The molecule has 27 heavy (non-hydrogen) atoms. The lowest BCUT2D eigenvalue weighted by Crippen LogP contribution is -2.39. The van der Waals surface area contributed by atoms with Gasteiger partial charge in [0.1, 0.15) is 0 Å². The molecule has 2 aromatic rings. The Balaban J connectivity index is 0.00000210. The Morgan fingerprint density at radius 3 is 2.70 bits per heavy atom. The Kier molecular flexibility index (Phi) is 6.46. The van der Waals surface area contributed by atoms with E-state index in [2.05, 4.69) is 58.7 Å². The highest BCUT2D eigenvalue weighted by Crippen LogP contribution is 2.46. The second-order valence-electron chi connectivity index (χ2n) is 6.98. The number of fused-ring (bicyclic) bond motifs is 1. The van der Waals surface area contributed by atoms with E-state index in [-0.39, 0.29) is 24.0 Å². The molecule has 144 valence electrons. The first kappa shape index (κ1) is 19.8. The molecule has 0 saturated heterocycles. The fourth-order valence-electron chi connectivity index (χ4n) is 3.58. The fourth-order valence-corrected chi connectivity index (χ4v) is 3.58. The largest absolute Gasteiger partial charge is 0.454 e. The molecule has 6 heteroatoms. The highest BCUT2D eigenvalue weighted by Gasteiger charge is 2.37. The van der Waals surface area contributed by atoms with Crippen LogP contribution < -0.4 is 14.8 Å². The quantitative estimate of drug-likeness (QED) is 0.402. The molecular weight excluding hydrogens is 453 g/mol. The monoisotopic (exact) mass is 479 g/mol. The number of nitrogens with zero attached hydrogens (tertiary/aromatic N) is 2. The van der Waals surface area contributed by atoms with E-state index in [1.54, 1.807) is 0 Å². The van der Waals surface area contributed by atoms with Gasteiger partial charge in [0.05, 0.1) is 0 Å². The molecule has 0 radical (unpaired) electrons. The summed E-state index contributed by atoms with van der Waals surface area (Å²) in [7, 11) is 3.89. The molecule has 0 amide bonds. The maximum absolute atomic E-state index is 5.46. The van der Waals surface area contributed by atoms with Crippen molar-refractivity contribution in [3.05, 3.63) is 59.7 Å². The molecule has 1 heterocycles. The van der Waals surface area contributed by atoms with E-state index in [4.69, 9.17) is 9.47 Å². The number of aliphatic imine (C=N–C) groups is 1. The normalized spacial score (nSPS) is 20.0. The maximum Gasteiger partial charge on any atom is 0.231 e. The van der Waals surface area contributed by atoms with Crippen LogP contribution in [-0.4, -0.2) is 38.3 Å². The van der Waals surface area contributed by atoms with Gasteiger partial charge < -0.3 is 19.7 Å². The van der Waals surface area contributed by atoms with Gasteiger partial charge in [-0.2, -0.15) is 0 Å². The summed E-state index contributed by atoms with van der Waals surface area (Å²) in [6.07, 6.45) is 1.25. The van der Waals surface area contributed by atoms with Crippen LogP contribution in [-0.2, 0) is 6.54 Å². The van der Waals surface area contributed by atoms with Crippen molar-refractivity contribution in [1.29, 1.82) is 0 Å². The average molecular weight is 479 g/mol. The highest BCUT2D eigenvalue weighted by atomic mass is 127. The average Bonchev–Trinajstić information content (AvgIpc) is 3.29. The second-order valence-corrected chi connectivity index (χ2v) is 6.98. The van der Waals surface area contributed by atoms with Gasteiger partial charge in [-0.3, -0.25) is 4.99 Å². The molecule has 2 atom stereocenters. The second kappa shape index (κ2) is 8.82. The van der Waals surface area contributed by atoms with Crippen molar-refractivity contribution in [3.8, 4) is 11.5 Å². The predicted octanol–water partition coefficient (Wildman–Crippen LogP) is 3.84. The zero-order valence-electron chi connectivity index (χ0n) is 15.7. The van der Waals surface area contributed by atoms with Crippen molar-refractivity contribution >= 4 is 29.9 Å². The zero-order valence-corrected chi connectivity index (χ0v) is 18.1. The van der Waals surface area contributed by atoms with Crippen molar-refractivity contribution in [1.82, 2.24) is 10.2 Å². The molecule has 1 saturated carbocycles. The molecule has 1 N–H and O–H groups in total. The third-order valence-corrected chi connectivity index (χ3v) is 5.10. The van der Waals surface area contributed by atoms with Crippen LogP contribution in [0.2, 0.25) is 0 Å². The summed E-state index contributed by atoms with van der Waals surface area (Å²) in [5.74, 6) is 3.93. The standard InChI is InChI=1S/C21H25N3O2.HI/c1-22-21(23-12-17-11-18(17)16-6-4-3-5-7-16)24(2)13-15-8-9-19-20(10-15)26-14-25-19;/h3-10,17-18H,11-14H2,1-2H3,(H,22,23);1H. The molecule has 2 aliphatic rings. The van der Waals surface area contributed by atoms with E-state index < -0.39 is 0 Å². The van der Waals surface area contributed by atoms with Crippen LogP contribution in [0.5, 0.6) is 11.5 Å². The molecule has 5 nitrogen and oxygen atoms in total. The highest BCUT2D eigenvalue weighted by molar-refractivity contribution is 14.0. The molecule has 2 aromatic carbocycles. The van der Waals surface area contributed by atoms with E-state index in [1.807, 2.05) is 19.2 Å². The molecule has 1 aliphatic carbocycles. The van der Waals surface area contributed by atoms with Crippen molar-refractivity contribution < 1.29 is 9.47 Å². The number of hydrogen-bond acceptors (Lipinski definition) is 3. The van der Waals surface area contributed by atoms with Crippen LogP contribution >= 0.6 is 24.0 Å². The summed E-state index contributed by atoms with van der Waals surface area (Å²) in [5, 5.41) is 3.52. The summed E-state index contributed by atoms with van der Waals surface area (Å²) in [6, 6.07) is 16.9. The predicted molar refractivity (Wildman–Crippen MR) is 118 cm³/mol. The lowest BCUT2D eigenvalue weighted by molar-refractivity contribution is 0.174. The number of hydrogen-bond donors (Lipinski definition) is 1. The molecule has 1 fully saturated rings. The van der Waals surface area contributed by atoms with Gasteiger partial charge in [-0.25, -0.2) is 0 Å². The van der Waals surface area contributed by atoms with Crippen LogP contribution in [0.4, 0.5) is 0 Å². The zero-order chi connectivity index (χ0) is 17.9. The minimum atomic E-state index is 0. The van der Waals surface area contributed by atoms with E-state index in [0.29, 0.717) is 18.6 Å². The SMILES string of the molecule is CN=C(NCC1CC1c1ccccc1)N(C)Cc1ccc2c(c1)OCO2.I. The van der Waals surface area contributed by atoms with E-state index in [0.717, 1.165) is 30.5 Å². The molecule has 0 aromatic heterocycles. The topological polar surface area (TPSA) is 46.1 Å². The van der Waals surface area contributed by atoms with Crippen molar-refractivity contribution in [2.75, 3.05) is 27.4 Å². The molecule has 1 aliphatic heterocycles. The Bertz CT molecular complexity index is 797. The molecule has 4 rings (SSSR count). The van der Waals surface area contributed by atoms with Gasteiger partial charge in [0.15, 0.2) is 17.5 Å². The lowest BCUT2D eigenvalue weighted by atomic mass is 10.1. The fraction of sp³-hybridized carbons (Fsp3) is 0.381. The molecule has 0 bridgehead atoms. The summed E-state index contributed by atoms with van der Waals surface area (Å²) in [5.41, 5.74) is 2.62. The van der Waals surface area contributed by atoms with Crippen LogP contribution in [0, 0.1) is 5.92 Å². The van der Waals surface area contributed by atoms with Crippen molar-refractivity contribution in [2.24, 2.45) is 10.9 Å². The van der Waals surface area contributed by atoms with Gasteiger partial charge in [0, 0.05) is 27.2 Å². The van der Waals surface area contributed by atoms with Gasteiger partial charge in [-0.1, -0.05) is 36.4 Å². The minimum Gasteiger partial charge on any atom is -0.454 e. The van der Waals surface area contributed by atoms with E-state index in [1.165, 1.54) is 17.5 Å². The van der Waals surface area contributed by atoms with Crippen molar-refractivity contribution in [3.63, 3.8) is 0 Å². The van der Waals surface area contributed by atoms with Gasteiger partial charge in [-0.05, 0) is 41.5 Å². The first-order valence-electron chi connectivity index (χ1n) is 9.10. The number of halogens is 1. The summed E-state index contributed by atoms with van der Waals surface area (Å²) in [6.45, 7) is 2.03. The lowest BCUT2D eigenvalue weighted by Gasteiger charge is -2.22. The Morgan fingerprint density at radius 1 is 1.15 bits per heavy atom. The molecule has 0 spiro atoms. The Morgan fingerprint density at radius 2 is 1.93 bits per heavy atom. The number of guanidine groups is 1. The van der Waals surface area contributed by atoms with E-state index in [9.17, 15) is 0 Å². The maximum atomic E-state index is 5.46. The Hall–Kier alpha value is -1.96. The third kappa shape index (κ3) is 4.66. The summed E-state index contributed by atoms with van der Waals surface area (Å²) in [4.78, 5) is 6.57. The number of ether oxygens (including phenoxy) is 2. The van der Waals surface area contributed by atoms with Crippen LogP contribution in [0.1, 0.15) is 23.5 Å². The number of rotatable bonds is 5. The van der Waals surface area contributed by atoms with Crippen molar-refractivity contribution in [2.45, 2.75) is 18.9 Å². The van der Waals surface area contributed by atoms with Crippen LogP contribution in [0.3, 0.4) is 0 Å². The van der Waals surface area contributed by atoms with Crippen LogP contribution in [0.25, 0.3) is 0 Å². The van der Waals surface area contributed by atoms with Gasteiger partial charge in [0.25, 0.3) is 0 Å². The smallest absolute Gasteiger partial charge is 0.231 e. The summed E-state index contributed by atoms with van der Waals surface area (Å²) < 4.78 is 10.8.